The third-order valence-electron chi connectivity index (χ3n) is 6.63. The van der Waals surface area contributed by atoms with E-state index in [2.05, 4.69) is 57.5 Å². The van der Waals surface area contributed by atoms with E-state index in [4.69, 9.17) is 26.1 Å². The monoisotopic (exact) mass is 505 g/mol. The number of piperazine rings is 1. The molecule has 2 aromatic heterocycles. The van der Waals surface area contributed by atoms with Gasteiger partial charge in [-0.05, 0) is 69.9 Å². The highest BCUT2D eigenvalue weighted by atomic mass is 35.5. The number of anilines is 3. The Labute approximate surface area is 216 Å². The molecule has 9 heteroatoms. The topological polar surface area (TPSA) is 73.6 Å². The first-order valence-corrected chi connectivity index (χ1v) is 12.6. The Kier molecular flexibility index (Phi) is 7.09. The number of aryl methyl sites for hydroxylation is 2. The number of fused-ring (bicyclic) bond motifs is 1. The summed E-state index contributed by atoms with van der Waals surface area (Å²) in [5.74, 6) is 2.31. The molecule has 1 aliphatic heterocycles. The third-order valence-corrected chi connectivity index (χ3v) is 6.88. The summed E-state index contributed by atoms with van der Waals surface area (Å²) in [5, 5.41) is 9.27. The fraction of sp³-hybridized carbons (Fsp3) is 0.370. The van der Waals surface area contributed by atoms with Gasteiger partial charge in [-0.25, -0.2) is 4.98 Å². The minimum atomic E-state index is 0.696. The van der Waals surface area contributed by atoms with Gasteiger partial charge >= 0.3 is 0 Å². The molecule has 0 saturated carbocycles. The molecule has 5 rings (SSSR count). The molecule has 1 saturated heterocycles. The molecule has 4 aromatic rings. The van der Waals surface area contributed by atoms with Crippen molar-refractivity contribution in [1.82, 2.24) is 24.9 Å². The van der Waals surface area contributed by atoms with Gasteiger partial charge in [0.1, 0.15) is 11.6 Å². The van der Waals surface area contributed by atoms with E-state index in [1.807, 2.05) is 38.1 Å². The SMILES string of the molecule is Cc1noc(C)c1-c1ccc2nc(N3CCN(CCN(C)C)CC3)nc(Nc3ccc(Cl)cc3)c2c1. The number of nitrogens with zero attached hydrogens (tertiary/aromatic N) is 6. The molecule has 0 amide bonds. The Morgan fingerprint density at radius 2 is 1.75 bits per heavy atom. The summed E-state index contributed by atoms with van der Waals surface area (Å²) < 4.78 is 5.41. The van der Waals surface area contributed by atoms with Gasteiger partial charge in [-0.3, -0.25) is 4.90 Å². The van der Waals surface area contributed by atoms with Crippen molar-refractivity contribution in [2.75, 3.05) is 63.6 Å². The lowest BCUT2D eigenvalue weighted by molar-refractivity contribution is 0.229. The zero-order chi connectivity index (χ0) is 25.2. The van der Waals surface area contributed by atoms with Crippen LogP contribution in [0.4, 0.5) is 17.5 Å². The Morgan fingerprint density at radius 3 is 2.42 bits per heavy atom. The molecule has 1 fully saturated rings. The van der Waals surface area contributed by atoms with Gasteiger partial charge in [0.2, 0.25) is 5.95 Å². The van der Waals surface area contributed by atoms with Crippen LogP contribution in [0, 0.1) is 13.8 Å². The zero-order valence-corrected chi connectivity index (χ0v) is 22.0. The summed E-state index contributed by atoms with van der Waals surface area (Å²) in [5.41, 5.74) is 4.71. The predicted molar refractivity (Wildman–Crippen MR) is 146 cm³/mol. The first-order valence-electron chi connectivity index (χ1n) is 12.3. The Balaban J connectivity index is 1.49. The Hall–Kier alpha value is -3.20. The van der Waals surface area contributed by atoms with Crippen LogP contribution in [0.3, 0.4) is 0 Å². The van der Waals surface area contributed by atoms with Crippen molar-refractivity contribution in [3.05, 3.63) is 58.9 Å². The zero-order valence-electron chi connectivity index (χ0n) is 21.3. The number of halogens is 1. The van der Waals surface area contributed by atoms with Crippen LogP contribution >= 0.6 is 11.6 Å². The van der Waals surface area contributed by atoms with E-state index in [0.29, 0.717) is 5.02 Å². The van der Waals surface area contributed by atoms with Crippen LogP contribution in [0.2, 0.25) is 5.02 Å². The van der Waals surface area contributed by atoms with Crippen LogP contribution in [-0.4, -0.2) is 78.3 Å². The number of rotatable bonds is 7. The molecule has 1 aliphatic rings. The number of hydrogen-bond acceptors (Lipinski definition) is 8. The van der Waals surface area contributed by atoms with Gasteiger partial charge in [0.25, 0.3) is 0 Å². The van der Waals surface area contributed by atoms with Gasteiger partial charge in [-0.1, -0.05) is 22.8 Å². The van der Waals surface area contributed by atoms with Crippen LogP contribution in [0.25, 0.3) is 22.0 Å². The lowest BCUT2D eigenvalue weighted by Crippen LogP contribution is -2.48. The molecular formula is C27H32ClN7O. The number of nitrogens with one attached hydrogen (secondary N) is 1. The van der Waals surface area contributed by atoms with Gasteiger partial charge in [0.15, 0.2) is 0 Å². The van der Waals surface area contributed by atoms with Gasteiger partial charge in [-0.15, -0.1) is 0 Å². The maximum absolute atomic E-state index is 6.11. The van der Waals surface area contributed by atoms with E-state index in [1.54, 1.807) is 0 Å². The van der Waals surface area contributed by atoms with Gasteiger partial charge < -0.3 is 19.6 Å². The van der Waals surface area contributed by atoms with E-state index < -0.39 is 0 Å². The van der Waals surface area contributed by atoms with Crippen molar-refractivity contribution >= 4 is 40.0 Å². The van der Waals surface area contributed by atoms with E-state index in [0.717, 1.165) is 90.2 Å². The molecule has 0 atom stereocenters. The minimum Gasteiger partial charge on any atom is -0.361 e. The number of aromatic nitrogens is 3. The summed E-state index contributed by atoms with van der Waals surface area (Å²) in [6.07, 6.45) is 0. The smallest absolute Gasteiger partial charge is 0.227 e. The molecule has 0 spiro atoms. The van der Waals surface area contributed by atoms with E-state index in [-0.39, 0.29) is 0 Å². The highest BCUT2D eigenvalue weighted by molar-refractivity contribution is 6.30. The molecular weight excluding hydrogens is 474 g/mol. The fourth-order valence-corrected chi connectivity index (χ4v) is 4.71. The van der Waals surface area contributed by atoms with Gasteiger partial charge in [-0.2, -0.15) is 4.98 Å². The largest absolute Gasteiger partial charge is 0.361 e. The van der Waals surface area contributed by atoms with E-state index in [1.165, 1.54) is 0 Å². The Morgan fingerprint density at radius 1 is 1.00 bits per heavy atom. The average Bonchev–Trinajstić information content (AvgIpc) is 3.21. The highest BCUT2D eigenvalue weighted by Gasteiger charge is 2.21. The van der Waals surface area contributed by atoms with Crippen molar-refractivity contribution in [1.29, 1.82) is 0 Å². The van der Waals surface area contributed by atoms with Crippen LogP contribution in [-0.2, 0) is 0 Å². The summed E-state index contributed by atoms with van der Waals surface area (Å²) >= 11 is 6.11. The first-order chi connectivity index (χ1) is 17.4. The molecule has 3 heterocycles. The molecule has 1 N–H and O–H groups in total. The van der Waals surface area contributed by atoms with Gasteiger partial charge in [0, 0.05) is 60.9 Å². The third kappa shape index (κ3) is 5.31. The van der Waals surface area contributed by atoms with Crippen LogP contribution in [0.15, 0.2) is 47.0 Å². The maximum Gasteiger partial charge on any atom is 0.227 e. The van der Waals surface area contributed by atoms with Crippen molar-refractivity contribution in [3.63, 3.8) is 0 Å². The standard InChI is InChI=1S/C27H32ClN7O/c1-18-25(19(2)36-32-18)20-5-10-24-23(17-20)26(29-22-8-6-21(28)7-9-22)31-27(30-24)35-15-13-34(14-16-35)12-11-33(3)4/h5-10,17H,11-16H2,1-4H3,(H,29,30,31). The van der Waals surface area contributed by atoms with Crippen LogP contribution in [0.5, 0.6) is 0 Å². The van der Waals surface area contributed by atoms with Crippen LogP contribution < -0.4 is 10.2 Å². The molecule has 0 bridgehead atoms. The second-order valence-corrected chi connectivity index (χ2v) is 10.0. The lowest BCUT2D eigenvalue weighted by atomic mass is 10.0. The van der Waals surface area contributed by atoms with Crippen molar-refractivity contribution < 1.29 is 4.52 Å². The van der Waals surface area contributed by atoms with Crippen molar-refractivity contribution in [2.24, 2.45) is 0 Å². The molecule has 8 nitrogen and oxygen atoms in total. The highest BCUT2D eigenvalue weighted by Crippen LogP contribution is 2.33. The summed E-state index contributed by atoms with van der Waals surface area (Å²) in [7, 11) is 4.23. The molecule has 188 valence electrons. The normalized spacial score (nSPS) is 14.7. The Bertz CT molecular complexity index is 1320. The van der Waals surface area contributed by atoms with Crippen LogP contribution in [0.1, 0.15) is 11.5 Å². The predicted octanol–water partition coefficient (Wildman–Crippen LogP) is 4.98. The first kappa shape index (κ1) is 24.5. The number of benzene rings is 2. The van der Waals surface area contributed by atoms with Gasteiger partial charge in [0.05, 0.1) is 11.2 Å². The second kappa shape index (κ2) is 10.4. The molecule has 0 aliphatic carbocycles. The maximum atomic E-state index is 6.11. The average molecular weight is 506 g/mol. The summed E-state index contributed by atoms with van der Waals surface area (Å²) in [6.45, 7) is 9.83. The van der Waals surface area contributed by atoms with E-state index in [9.17, 15) is 0 Å². The van der Waals surface area contributed by atoms with E-state index >= 15 is 0 Å². The summed E-state index contributed by atoms with van der Waals surface area (Å²) in [4.78, 5) is 17.0. The number of likely N-dealkylation sites (N-methyl/N-ethyl adjacent to an activating group) is 1. The second-order valence-electron chi connectivity index (χ2n) is 9.57. The molecule has 0 unspecified atom stereocenters. The molecule has 36 heavy (non-hydrogen) atoms. The van der Waals surface area contributed by atoms with Crippen molar-refractivity contribution in [2.45, 2.75) is 13.8 Å². The fourth-order valence-electron chi connectivity index (χ4n) is 4.59. The number of hydrogen-bond donors (Lipinski definition) is 1. The quantitative estimate of drug-likeness (QED) is 0.377. The minimum absolute atomic E-state index is 0.696. The van der Waals surface area contributed by atoms with Crippen molar-refractivity contribution in [3.8, 4) is 11.1 Å². The molecule has 2 aromatic carbocycles. The lowest BCUT2D eigenvalue weighted by Gasteiger charge is -2.35. The summed E-state index contributed by atoms with van der Waals surface area (Å²) in [6, 6.07) is 13.9. The molecule has 0 radical (unpaired) electrons.